The first-order valence-corrected chi connectivity index (χ1v) is 11.6. The van der Waals surface area contributed by atoms with Crippen LogP contribution in [-0.4, -0.2) is 42.9 Å². The summed E-state index contributed by atoms with van der Waals surface area (Å²) in [5, 5.41) is 3.07. The predicted molar refractivity (Wildman–Crippen MR) is 125 cm³/mol. The van der Waals surface area contributed by atoms with E-state index in [1.54, 1.807) is 0 Å². The molecule has 31 heavy (non-hydrogen) atoms. The molecule has 0 spiro atoms. The third kappa shape index (κ3) is 5.46. The molecule has 5 nitrogen and oxygen atoms in total. The number of carbonyl (C=O) groups is 2. The predicted octanol–water partition coefficient (Wildman–Crippen LogP) is 4.66. The molecule has 1 N–H and O–H groups in total. The van der Waals surface area contributed by atoms with Crippen molar-refractivity contribution in [1.29, 1.82) is 0 Å². The van der Waals surface area contributed by atoms with Crippen LogP contribution < -0.4 is 10.2 Å². The van der Waals surface area contributed by atoms with Crippen LogP contribution in [0.4, 0.5) is 11.4 Å². The van der Waals surface area contributed by atoms with Crippen LogP contribution in [0, 0.1) is 5.92 Å². The highest BCUT2D eigenvalue weighted by Gasteiger charge is 2.43. The van der Waals surface area contributed by atoms with E-state index in [-0.39, 0.29) is 11.8 Å². The van der Waals surface area contributed by atoms with Crippen LogP contribution in [0.2, 0.25) is 0 Å². The van der Waals surface area contributed by atoms with Gasteiger partial charge in [0.05, 0.1) is 0 Å². The molecule has 0 bridgehead atoms. The Hall–Kier alpha value is -2.82. The molecule has 2 aromatic carbocycles. The van der Waals surface area contributed by atoms with Crippen LogP contribution in [0.5, 0.6) is 0 Å². The molecular weight excluding hydrogens is 386 g/mol. The second-order valence-electron chi connectivity index (χ2n) is 8.72. The largest absolute Gasteiger partial charge is 0.368 e. The zero-order valence-corrected chi connectivity index (χ0v) is 18.4. The fourth-order valence-corrected chi connectivity index (χ4v) is 4.44. The lowest BCUT2D eigenvalue weighted by molar-refractivity contribution is -0.131. The van der Waals surface area contributed by atoms with Crippen LogP contribution in [-0.2, 0) is 9.59 Å². The molecule has 1 saturated carbocycles. The van der Waals surface area contributed by atoms with Gasteiger partial charge < -0.3 is 15.1 Å². The Bertz CT molecular complexity index is 873. The average molecular weight is 420 g/mol. The summed E-state index contributed by atoms with van der Waals surface area (Å²) in [4.78, 5) is 29.2. The van der Waals surface area contributed by atoms with Gasteiger partial charge in [0.15, 0.2) is 0 Å². The molecule has 164 valence electrons. The summed E-state index contributed by atoms with van der Waals surface area (Å²) in [5.41, 5.74) is 3.24. The van der Waals surface area contributed by atoms with E-state index in [1.165, 1.54) is 5.56 Å². The Morgan fingerprint density at radius 3 is 2.32 bits per heavy atom. The topological polar surface area (TPSA) is 52.7 Å². The fourth-order valence-electron chi connectivity index (χ4n) is 4.44. The van der Waals surface area contributed by atoms with Crippen molar-refractivity contribution >= 4 is 23.2 Å². The number of rotatable bonds is 8. The van der Waals surface area contributed by atoms with Crippen LogP contribution in [0.25, 0.3) is 0 Å². The second kappa shape index (κ2) is 9.99. The number of carbonyl (C=O) groups excluding carboxylic acids is 2. The van der Waals surface area contributed by atoms with Gasteiger partial charge in [-0.05, 0) is 48.6 Å². The summed E-state index contributed by atoms with van der Waals surface area (Å²) in [6, 6.07) is 18.4. The molecule has 0 unspecified atom stereocenters. The Morgan fingerprint density at radius 2 is 1.65 bits per heavy atom. The maximum absolute atomic E-state index is 12.6. The standard InChI is InChI=1S/C26H33N3O2/c1-2-3-5-10-25(30)29-17-15-28(16-18-29)22-13-11-21(12-14-22)27-26(31)24-19-23(24)20-8-6-4-7-9-20/h4,6-9,11-14,23-24H,2-3,5,10,15-19H2,1H3,(H,27,31)/t23-,24+/m0/s1. The molecule has 0 aromatic heterocycles. The lowest BCUT2D eigenvalue weighted by atomic mass is 10.1. The molecule has 0 radical (unpaired) electrons. The first kappa shape index (κ1) is 21.4. The molecule has 2 aromatic rings. The highest BCUT2D eigenvalue weighted by Crippen LogP contribution is 2.47. The molecule has 1 aliphatic heterocycles. The number of unbranched alkanes of at least 4 members (excludes halogenated alkanes) is 2. The highest BCUT2D eigenvalue weighted by molar-refractivity contribution is 5.95. The van der Waals surface area contributed by atoms with Gasteiger partial charge in [-0.1, -0.05) is 50.1 Å². The van der Waals surface area contributed by atoms with Gasteiger partial charge >= 0.3 is 0 Å². The number of nitrogens with one attached hydrogen (secondary N) is 1. The SMILES string of the molecule is CCCCCC(=O)N1CCN(c2ccc(NC(=O)[C@@H]3C[C@H]3c3ccccc3)cc2)CC1. The zero-order valence-electron chi connectivity index (χ0n) is 18.4. The van der Waals surface area contributed by atoms with E-state index in [1.807, 2.05) is 35.2 Å². The molecule has 5 heteroatoms. The molecule has 2 aliphatic rings. The molecule has 1 aliphatic carbocycles. The van der Waals surface area contributed by atoms with Crippen molar-refractivity contribution < 1.29 is 9.59 Å². The number of piperazine rings is 1. The number of hydrogen-bond donors (Lipinski definition) is 1. The van der Waals surface area contributed by atoms with E-state index in [4.69, 9.17) is 0 Å². The van der Waals surface area contributed by atoms with Crippen molar-refractivity contribution in [3.05, 3.63) is 60.2 Å². The van der Waals surface area contributed by atoms with Crippen molar-refractivity contribution in [3.8, 4) is 0 Å². The van der Waals surface area contributed by atoms with Crippen molar-refractivity contribution in [2.75, 3.05) is 36.4 Å². The Kier molecular flexibility index (Phi) is 6.90. The summed E-state index contributed by atoms with van der Waals surface area (Å²) < 4.78 is 0. The minimum atomic E-state index is 0.0741. The first-order chi connectivity index (χ1) is 15.2. The Balaban J connectivity index is 1.24. The van der Waals surface area contributed by atoms with Gasteiger partial charge in [0.25, 0.3) is 0 Å². The van der Waals surface area contributed by atoms with Crippen LogP contribution in [0.1, 0.15) is 50.5 Å². The minimum absolute atomic E-state index is 0.0741. The van der Waals surface area contributed by atoms with E-state index in [9.17, 15) is 9.59 Å². The van der Waals surface area contributed by atoms with Gasteiger partial charge in [-0.3, -0.25) is 9.59 Å². The first-order valence-electron chi connectivity index (χ1n) is 11.6. The number of anilines is 2. The summed E-state index contributed by atoms with van der Waals surface area (Å²) in [6.45, 7) is 5.43. The number of nitrogens with zero attached hydrogens (tertiary/aromatic N) is 2. The van der Waals surface area contributed by atoms with E-state index in [0.717, 1.165) is 63.2 Å². The number of benzene rings is 2. The Morgan fingerprint density at radius 1 is 0.935 bits per heavy atom. The summed E-state index contributed by atoms with van der Waals surface area (Å²) in [7, 11) is 0. The van der Waals surface area contributed by atoms with Gasteiger partial charge in [-0.2, -0.15) is 0 Å². The summed E-state index contributed by atoms with van der Waals surface area (Å²) in [6.07, 6.45) is 4.87. The smallest absolute Gasteiger partial charge is 0.228 e. The van der Waals surface area contributed by atoms with Crippen molar-refractivity contribution in [3.63, 3.8) is 0 Å². The third-order valence-corrected chi connectivity index (χ3v) is 6.48. The van der Waals surface area contributed by atoms with Crippen LogP contribution >= 0.6 is 0 Å². The second-order valence-corrected chi connectivity index (χ2v) is 8.72. The van der Waals surface area contributed by atoms with E-state index in [2.05, 4.69) is 41.4 Å². The van der Waals surface area contributed by atoms with Gasteiger partial charge in [0.1, 0.15) is 0 Å². The van der Waals surface area contributed by atoms with Crippen molar-refractivity contribution in [1.82, 2.24) is 4.90 Å². The lowest BCUT2D eigenvalue weighted by Crippen LogP contribution is -2.48. The van der Waals surface area contributed by atoms with Gasteiger partial charge in [-0.25, -0.2) is 0 Å². The molecule has 2 fully saturated rings. The average Bonchev–Trinajstić information content (AvgIpc) is 3.62. The van der Waals surface area contributed by atoms with Gasteiger partial charge in [0.2, 0.25) is 11.8 Å². The van der Waals surface area contributed by atoms with Crippen LogP contribution in [0.3, 0.4) is 0 Å². The molecular formula is C26H33N3O2. The highest BCUT2D eigenvalue weighted by atomic mass is 16.2. The number of hydrogen-bond acceptors (Lipinski definition) is 3. The summed E-state index contributed by atoms with van der Waals surface area (Å²) in [5.74, 6) is 0.823. The van der Waals surface area contributed by atoms with Crippen molar-refractivity contribution in [2.45, 2.75) is 44.9 Å². The van der Waals surface area contributed by atoms with E-state index < -0.39 is 0 Å². The molecule has 1 heterocycles. The minimum Gasteiger partial charge on any atom is -0.368 e. The monoisotopic (exact) mass is 419 g/mol. The zero-order chi connectivity index (χ0) is 21.6. The molecule has 2 amide bonds. The van der Waals surface area contributed by atoms with E-state index >= 15 is 0 Å². The van der Waals surface area contributed by atoms with Gasteiger partial charge in [-0.15, -0.1) is 0 Å². The lowest BCUT2D eigenvalue weighted by Gasteiger charge is -2.36. The third-order valence-electron chi connectivity index (χ3n) is 6.48. The number of amides is 2. The Labute approximate surface area is 185 Å². The molecule has 4 rings (SSSR count). The van der Waals surface area contributed by atoms with Crippen molar-refractivity contribution in [2.24, 2.45) is 5.92 Å². The molecule has 1 saturated heterocycles. The normalized spacial score (nSPS) is 20.4. The van der Waals surface area contributed by atoms with Crippen LogP contribution in [0.15, 0.2) is 54.6 Å². The molecule has 2 atom stereocenters. The maximum atomic E-state index is 12.6. The van der Waals surface area contributed by atoms with E-state index in [0.29, 0.717) is 18.2 Å². The quantitative estimate of drug-likeness (QED) is 0.633. The maximum Gasteiger partial charge on any atom is 0.228 e. The van der Waals surface area contributed by atoms with Gasteiger partial charge in [0, 0.05) is 49.9 Å². The summed E-state index contributed by atoms with van der Waals surface area (Å²) >= 11 is 0. The fraction of sp³-hybridized carbons (Fsp3) is 0.462.